The number of benzene rings is 1. The van der Waals surface area contributed by atoms with Crippen LogP contribution in [0.2, 0.25) is 0 Å². The van der Waals surface area contributed by atoms with Gasteiger partial charge in [-0.05, 0) is 26.8 Å². The quantitative estimate of drug-likeness (QED) is 0.587. The van der Waals surface area contributed by atoms with Crippen LogP contribution in [0.1, 0.15) is 32.4 Å². The second kappa shape index (κ2) is 2.14. The van der Waals surface area contributed by atoms with Gasteiger partial charge in [0.1, 0.15) is 23.1 Å². The van der Waals surface area contributed by atoms with Crippen molar-refractivity contribution in [3.63, 3.8) is 0 Å². The molecule has 2 nitrogen and oxygen atoms in total. The molecule has 1 aromatic rings. The van der Waals surface area contributed by atoms with Crippen LogP contribution in [-0.4, -0.2) is 11.2 Å². The molecule has 1 saturated heterocycles. The Labute approximate surface area is 83.8 Å². The topological polar surface area (TPSA) is 21.8 Å². The van der Waals surface area contributed by atoms with E-state index in [2.05, 4.69) is 26.8 Å². The van der Waals surface area contributed by atoms with Crippen molar-refractivity contribution >= 4 is 0 Å². The molecule has 0 amide bonds. The molecule has 1 aromatic carbocycles. The van der Waals surface area contributed by atoms with Gasteiger partial charge < -0.3 is 9.47 Å². The van der Waals surface area contributed by atoms with Crippen LogP contribution in [0.4, 0.5) is 0 Å². The van der Waals surface area contributed by atoms with Crippen LogP contribution >= 0.6 is 0 Å². The highest BCUT2D eigenvalue weighted by molar-refractivity contribution is 5.44. The molecule has 2 atom stereocenters. The summed E-state index contributed by atoms with van der Waals surface area (Å²) in [5, 5.41) is 0. The highest BCUT2D eigenvalue weighted by Crippen LogP contribution is 2.61. The number of fused-ring (bicyclic) bond motifs is 3. The van der Waals surface area contributed by atoms with Crippen molar-refractivity contribution < 1.29 is 9.47 Å². The van der Waals surface area contributed by atoms with Gasteiger partial charge in [0.05, 0.1) is 0 Å². The van der Waals surface area contributed by atoms with Gasteiger partial charge >= 0.3 is 0 Å². The largest absolute Gasteiger partial charge is 0.484 e. The van der Waals surface area contributed by atoms with Crippen LogP contribution in [0.15, 0.2) is 24.3 Å². The smallest absolute Gasteiger partial charge is 0.136 e. The minimum atomic E-state index is -0.230. The average molecular weight is 190 g/mol. The summed E-state index contributed by atoms with van der Waals surface area (Å²) in [6.07, 6.45) is 0.224. The number of hydrogen-bond acceptors (Lipinski definition) is 2. The molecule has 0 aliphatic carbocycles. The third kappa shape index (κ3) is 0.800. The highest BCUT2D eigenvalue weighted by Gasteiger charge is 2.67. The van der Waals surface area contributed by atoms with Crippen molar-refractivity contribution in [2.24, 2.45) is 0 Å². The minimum absolute atomic E-state index is 0.138. The number of epoxide rings is 1. The first-order valence-corrected chi connectivity index (χ1v) is 5.00. The maximum atomic E-state index is 5.95. The summed E-state index contributed by atoms with van der Waals surface area (Å²) in [5.41, 5.74) is 0.822. The number of ether oxygens (including phenoxy) is 2. The summed E-state index contributed by atoms with van der Waals surface area (Å²) in [5.74, 6) is 0.970. The standard InChI is InChI=1S/C12H14O2/c1-11(2)12(3)10(14-12)8-6-4-5-7-9(8)13-11/h4-7,10H,1-3H3. The Bertz CT molecular complexity index is 394. The molecule has 2 heteroatoms. The lowest BCUT2D eigenvalue weighted by Crippen LogP contribution is -2.45. The van der Waals surface area contributed by atoms with Crippen molar-refractivity contribution in [3.05, 3.63) is 29.8 Å². The molecule has 0 aromatic heterocycles. The Morgan fingerprint density at radius 2 is 1.86 bits per heavy atom. The lowest BCUT2D eigenvalue weighted by atomic mass is 9.84. The van der Waals surface area contributed by atoms with Gasteiger partial charge in [0, 0.05) is 5.56 Å². The Hall–Kier alpha value is -1.02. The van der Waals surface area contributed by atoms with Crippen molar-refractivity contribution in [3.8, 4) is 5.75 Å². The molecule has 2 aliphatic rings. The van der Waals surface area contributed by atoms with E-state index in [9.17, 15) is 0 Å². The molecule has 74 valence electrons. The second-order valence-electron chi connectivity index (χ2n) is 4.76. The molecule has 0 bridgehead atoms. The van der Waals surface area contributed by atoms with Crippen LogP contribution < -0.4 is 4.74 Å². The summed E-state index contributed by atoms with van der Waals surface area (Å²) in [6, 6.07) is 8.13. The second-order valence-corrected chi connectivity index (χ2v) is 4.76. The first kappa shape index (κ1) is 8.30. The van der Waals surface area contributed by atoms with Crippen molar-refractivity contribution in [2.45, 2.75) is 38.1 Å². The van der Waals surface area contributed by atoms with Gasteiger partial charge in [0.25, 0.3) is 0 Å². The van der Waals surface area contributed by atoms with Gasteiger partial charge in [0.2, 0.25) is 0 Å². The zero-order valence-corrected chi connectivity index (χ0v) is 8.70. The van der Waals surface area contributed by atoms with E-state index in [4.69, 9.17) is 9.47 Å². The van der Waals surface area contributed by atoms with E-state index >= 15 is 0 Å². The summed E-state index contributed by atoms with van der Waals surface area (Å²) in [6.45, 7) is 6.29. The molecule has 3 rings (SSSR count). The van der Waals surface area contributed by atoms with Gasteiger partial charge in [-0.15, -0.1) is 0 Å². The van der Waals surface area contributed by atoms with Crippen LogP contribution in [0.5, 0.6) is 5.75 Å². The Morgan fingerprint density at radius 3 is 2.64 bits per heavy atom. The summed E-state index contributed by atoms with van der Waals surface area (Å²) in [7, 11) is 0. The first-order chi connectivity index (χ1) is 6.55. The zero-order chi connectivity index (χ0) is 9.97. The number of hydrogen-bond donors (Lipinski definition) is 0. The Kier molecular flexibility index (Phi) is 1.27. The molecule has 1 fully saturated rings. The first-order valence-electron chi connectivity index (χ1n) is 5.00. The zero-order valence-electron chi connectivity index (χ0n) is 8.70. The van der Waals surface area contributed by atoms with E-state index in [0.717, 1.165) is 5.75 Å². The van der Waals surface area contributed by atoms with Crippen LogP contribution in [0.3, 0.4) is 0 Å². The van der Waals surface area contributed by atoms with E-state index < -0.39 is 0 Å². The van der Waals surface area contributed by atoms with Crippen LogP contribution in [0.25, 0.3) is 0 Å². The summed E-state index contributed by atoms with van der Waals surface area (Å²) < 4.78 is 11.7. The summed E-state index contributed by atoms with van der Waals surface area (Å²) >= 11 is 0. The third-order valence-corrected chi connectivity index (χ3v) is 3.57. The molecule has 2 aliphatic heterocycles. The molecule has 0 saturated carbocycles. The van der Waals surface area contributed by atoms with E-state index in [0.29, 0.717) is 0 Å². The fourth-order valence-corrected chi connectivity index (χ4v) is 2.19. The van der Waals surface area contributed by atoms with Crippen molar-refractivity contribution in [1.29, 1.82) is 0 Å². The van der Waals surface area contributed by atoms with Gasteiger partial charge in [-0.25, -0.2) is 0 Å². The lowest BCUT2D eigenvalue weighted by Gasteiger charge is -2.35. The van der Waals surface area contributed by atoms with E-state index in [1.54, 1.807) is 0 Å². The predicted molar refractivity (Wildman–Crippen MR) is 53.4 cm³/mol. The van der Waals surface area contributed by atoms with E-state index in [1.165, 1.54) is 5.56 Å². The third-order valence-electron chi connectivity index (χ3n) is 3.57. The van der Waals surface area contributed by atoms with Crippen LogP contribution in [-0.2, 0) is 4.74 Å². The highest BCUT2D eigenvalue weighted by atomic mass is 16.7. The molecule has 0 spiro atoms. The molecule has 0 N–H and O–H groups in total. The van der Waals surface area contributed by atoms with E-state index in [1.807, 2.05) is 18.2 Å². The normalized spacial score (nSPS) is 36.6. The maximum Gasteiger partial charge on any atom is 0.136 e. The van der Waals surface area contributed by atoms with Gasteiger partial charge in [0.15, 0.2) is 0 Å². The fraction of sp³-hybridized carbons (Fsp3) is 0.500. The lowest BCUT2D eigenvalue weighted by molar-refractivity contribution is 0.0242. The SMILES string of the molecule is CC1(C)Oc2ccccc2C2OC21C. The molecule has 2 unspecified atom stereocenters. The molecule has 14 heavy (non-hydrogen) atoms. The van der Waals surface area contributed by atoms with Gasteiger partial charge in [-0.2, -0.15) is 0 Å². The Morgan fingerprint density at radius 1 is 1.14 bits per heavy atom. The molecule has 0 radical (unpaired) electrons. The molecular formula is C12H14O2. The average Bonchev–Trinajstić information content (AvgIpc) is 2.80. The van der Waals surface area contributed by atoms with Crippen molar-refractivity contribution in [1.82, 2.24) is 0 Å². The van der Waals surface area contributed by atoms with Crippen LogP contribution in [0, 0.1) is 0 Å². The number of para-hydroxylation sites is 1. The maximum absolute atomic E-state index is 5.95. The predicted octanol–water partition coefficient (Wildman–Crippen LogP) is 2.69. The van der Waals surface area contributed by atoms with Gasteiger partial charge in [-0.1, -0.05) is 18.2 Å². The van der Waals surface area contributed by atoms with E-state index in [-0.39, 0.29) is 17.3 Å². The number of rotatable bonds is 0. The Balaban J connectivity index is 2.15. The minimum Gasteiger partial charge on any atom is -0.484 e. The van der Waals surface area contributed by atoms with Crippen molar-refractivity contribution in [2.75, 3.05) is 0 Å². The summed E-state index contributed by atoms with van der Waals surface area (Å²) in [4.78, 5) is 0. The van der Waals surface area contributed by atoms with Gasteiger partial charge in [-0.3, -0.25) is 0 Å². The molecular weight excluding hydrogens is 176 g/mol. The molecule has 2 heterocycles. The monoisotopic (exact) mass is 190 g/mol. The fourth-order valence-electron chi connectivity index (χ4n) is 2.19.